The quantitative estimate of drug-likeness (QED) is 0.824. The molecule has 1 saturated heterocycles. The highest BCUT2D eigenvalue weighted by atomic mass is 19.1. The molecule has 0 bridgehead atoms. The van der Waals surface area contributed by atoms with E-state index in [1.165, 1.54) is 12.1 Å². The first-order valence-electron chi connectivity index (χ1n) is 6.85. The topological polar surface area (TPSA) is 66.5 Å². The number of rotatable bonds is 5. The van der Waals surface area contributed by atoms with Crippen LogP contribution in [-0.4, -0.2) is 35.1 Å². The van der Waals surface area contributed by atoms with Gasteiger partial charge in [-0.15, -0.1) is 0 Å². The molecule has 6 heteroatoms. The van der Waals surface area contributed by atoms with Crippen LogP contribution in [0.4, 0.5) is 4.39 Å². The average Bonchev–Trinajstić information content (AvgIpc) is 2.77. The van der Waals surface area contributed by atoms with Gasteiger partial charge in [0.15, 0.2) is 0 Å². The van der Waals surface area contributed by atoms with Gasteiger partial charge in [-0.2, -0.15) is 0 Å². The van der Waals surface area contributed by atoms with Crippen molar-refractivity contribution in [2.24, 2.45) is 0 Å². The monoisotopic (exact) mass is 292 g/mol. The Balaban J connectivity index is 1.94. The number of nitrogens with one attached hydrogen (secondary N) is 1. The van der Waals surface area contributed by atoms with Crippen LogP contribution in [0.25, 0.3) is 0 Å². The third kappa shape index (κ3) is 3.87. The Bertz CT molecular complexity index is 574. The summed E-state index contributed by atoms with van der Waals surface area (Å²) in [5.41, 5.74) is 0.694. The highest BCUT2D eigenvalue weighted by Crippen LogP contribution is 2.15. The third-order valence-electron chi connectivity index (χ3n) is 3.39. The maximum atomic E-state index is 13.1. The molecule has 1 N–H and O–H groups in total. The van der Waals surface area contributed by atoms with Gasteiger partial charge in [-0.1, -0.05) is 19.1 Å². The second-order valence-electron chi connectivity index (χ2n) is 5.06. The van der Waals surface area contributed by atoms with Gasteiger partial charge in [-0.3, -0.25) is 14.4 Å². The number of halogens is 1. The number of amides is 2. The lowest BCUT2D eigenvalue weighted by Crippen LogP contribution is -2.40. The molecule has 2 amide bonds. The molecule has 0 aromatic heterocycles. The first-order valence-corrected chi connectivity index (χ1v) is 6.85. The van der Waals surface area contributed by atoms with Crippen LogP contribution >= 0.6 is 0 Å². The number of benzene rings is 1. The Morgan fingerprint density at radius 1 is 1.43 bits per heavy atom. The SMILES string of the molecule is CCC(=O)C(=O)NC1CC(=O)N(Cc2cccc(F)c2)C1. The maximum Gasteiger partial charge on any atom is 0.287 e. The van der Waals surface area contributed by atoms with Crippen molar-refractivity contribution in [1.82, 2.24) is 10.2 Å². The minimum absolute atomic E-state index is 0.117. The molecule has 2 rings (SSSR count). The van der Waals surface area contributed by atoms with Crippen LogP contribution in [0.1, 0.15) is 25.3 Å². The molecule has 0 radical (unpaired) electrons. The largest absolute Gasteiger partial charge is 0.344 e. The van der Waals surface area contributed by atoms with Crippen LogP contribution < -0.4 is 5.32 Å². The summed E-state index contributed by atoms with van der Waals surface area (Å²) in [5.74, 6) is -1.61. The van der Waals surface area contributed by atoms with E-state index in [-0.39, 0.29) is 30.6 Å². The summed E-state index contributed by atoms with van der Waals surface area (Å²) in [6.07, 6.45) is 0.303. The molecule has 5 nitrogen and oxygen atoms in total. The minimum Gasteiger partial charge on any atom is -0.344 e. The highest BCUT2D eigenvalue weighted by molar-refractivity contribution is 6.36. The molecule has 1 heterocycles. The second-order valence-corrected chi connectivity index (χ2v) is 5.06. The predicted molar refractivity (Wildman–Crippen MR) is 73.7 cm³/mol. The number of Topliss-reactive ketones (excluding diaryl/α,β-unsaturated/α-hetero) is 1. The molecule has 1 unspecified atom stereocenters. The van der Waals surface area contributed by atoms with Gasteiger partial charge < -0.3 is 10.2 Å². The zero-order valence-corrected chi connectivity index (χ0v) is 11.8. The summed E-state index contributed by atoms with van der Waals surface area (Å²) in [7, 11) is 0. The molecule has 1 aromatic rings. The van der Waals surface area contributed by atoms with Gasteiger partial charge >= 0.3 is 0 Å². The molecule has 1 fully saturated rings. The van der Waals surface area contributed by atoms with E-state index in [2.05, 4.69) is 5.32 Å². The Morgan fingerprint density at radius 2 is 2.19 bits per heavy atom. The van der Waals surface area contributed by atoms with Gasteiger partial charge in [0.1, 0.15) is 5.82 Å². The number of nitrogens with zero attached hydrogens (tertiary/aromatic N) is 1. The van der Waals surface area contributed by atoms with Crippen molar-refractivity contribution in [3.8, 4) is 0 Å². The van der Waals surface area contributed by atoms with Crippen LogP contribution in [0.5, 0.6) is 0 Å². The fourth-order valence-electron chi connectivity index (χ4n) is 2.30. The molecule has 1 aliphatic heterocycles. The van der Waals surface area contributed by atoms with Crippen LogP contribution in [0.3, 0.4) is 0 Å². The summed E-state index contributed by atoms with van der Waals surface area (Å²) in [6, 6.07) is 5.68. The maximum absolute atomic E-state index is 13.1. The van der Waals surface area contributed by atoms with E-state index in [9.17, 15) is 18.8 Å². The van der Waals surface area contributed by atoms with Crippen molar-refractivity contribution in [2.45, 2.75) is 32.4 Å². The van der Waals surface area contributed by atoms with E-state index in [1.807, 2.05) is 0 Å². The summed E-state index contributed by atoms with van der Waals surface area (Å²) in [6.45, 7) is 2.24. The fraction of sp³-hybridized carbons (Fsp3) is 0.400. The van der Waals surface area contributed by atoms with E-state index in [4.69, 9.17) is 0 Å². The molecule has 21 heavy (non-hydrogen) atoms. The van der Waals surface area contributed by atoms with Crippen molar-refractivity contribution in [2.75, 3.05) is 6.54 Å². The Morgan fingerprint density at radius 3 is 2.86 bits per heavy atom. The minimum atomic E-state index is -0.650. The summed E-state index contributed by atoms with van der Waals surface area (Å²) in [4.78, 5) is 36.2. The average molecular weight is 292 g/mol. The molecule has 1 atom stereocenters. The van der Waals surface area contributed by atoms with E-state index >= 15 is 0 Å². The Hall–Kier alpha value is -2.24. The lowest BCUT2D eigenvalue weighted by molar-refractivity contribution is -0.138. The molecule has 112 valence electrons. The lowest BCUT2D eigenvalue weighted by Gasteiger charge is -2.17. The van der Waals surface area contributed by atoms with E-state index in [0.717, 1.165) is 0 Å². The summed E-state index contributed by atoms with van der Waals surface area (Å²) in [5, 5.41) is 2.56. The molecule has 0 aliphatic carbocycles. The molecular formula is C15H17FN2O3. The van der Waals surface area contributed by atoms with Gasteiger partial charge in [0.25, 0.3) is 5.91 Å². The normalized spacial score (nSPS) is 17.9. The van der Waals surface area contributed by atoms with Crippen molar-refractivity contribution in [3.05, 3.63) is 35.6 Å². The van der Waals surface area contributed by atoms with Crippen molar-refractivity contribution >= 4 is 17.6 Å². The molecule has 1 aromatic carbocycles. The third-order valence-corrected chi connectivity index (χ3v) is 3.39. The van der Waals surface area contributed by atoms with Crippen LogP contribution in [0, 0.1) is 5.82 Å². The standard InChI is InChI=1S/C15H17FN2O3/c1-2-13(19)15(21)17-12-7-14(20)18(9-12)8-10-4-3-5-11(16)6-10/h3-6,12H,2,7-9H2,1H3,(H,17,21). The predicted octanol–water partition coefficient (Wildman–Crippen LogP) is 1.02. The van der Waals surface area contributed by atoms with E-state index < -0.39 is 11.7 Å². The van der Waals surface area contributed by atoms with E-state index in [1.54, 1.807) is 24.0 Å². The van der Waals surface area contributed by atoms with Crippen molar-refractivity contribution in [3.63, 3.8) is 0 Å². The fourth-order valence-corrected chi connectivity index (χ4v) is 2.30. The van der Waals surface area contributed by atoms with E-state index in [0.29, 0.717) is 18.7 Å². The number of ketones is 1. The Labute approximate surface area is 122 Å². The first-order chi connectivity index (χ1) is 9.99. The van der Waals surface area contributed by atoms with Gasteiger partial charge in [-0.25, -0.2) is 4.39 Å². The van der Waals surface area contributed by atoms with Gasteiger partial charge in [-0.05, 0) is 17.7 Å². The lowest BCUT2D eigenvalue weighted by atomic mass is 10.2. The molecule has 0 spiro atoms. The summed E-state index contributed by atoms with van der Waals surface area (Å²) < 4.78 is 13.1. The van der Waals surface area contributed by atoms with Gasteiger partial charge in [0, 0.05) is 25.9 Å². The number of carbonyl (C=O) groups excluding carboxylic acids is 3. The summed E-state index contributed by atoms with van der Waals surface area (Å²) >= 11 is 0. The zero-order chi connectivity index (χ0) is 15.4. The molecular weight excluding hydrogens is 275 g/mol. The van der Waals surface area contributed by atoms with Crippen LogP contribution in [0.2, 0.25) is 0 Å². The van der Waals surface area contributed by atoms with Crippen LogP contribution in [0.15, 0.2) is 24.3 Å². The van der Waals surface area contributed by atoms with Gasteiger partial charge in [0.2, 0.25) is 11.7 Å². The van der Waals surface area contributed by atoms with Crippen LogP contribution in [-0.2, 0) is 20.9 Å². The first kappa shape index (κ1) is 15.2. The smallest absolute Gasteiger partial charge is 0.287 e. The second kappa shape index (κ2) is 6.47. The number of hydrogen-bond acceptors (Lipinski definition) is 3. The highest BCUT2D eigenvalue weighted by Gasteiger charge is 2.31. The van der Waals surface area contributed by atoms with Crippen molar-refractivity contribution in [1.29, 1.82) is 0 Å². The molecule has 1 aliphatic rings. The van der Waals surface area contributed by atoms with Crippen molar-refractivity contribution < 1.29 is 18.8 Å². The Kier molecular flexibility index (Phi) is 4.67. The number of carbonyl (C=O) groups is 3. The molecule has 0 saturated carbocycles. The number of hydrogen-bond donors (Lipinski definition) is 1. The number of likely N-dealkylation sites (tertiary alicyclic amines) is 1. The van der Waals surface area contributed by atoms with Gasteiger partial charge in [0.05, 0.1) is 6.04 Å². The zero-order valence-electron chi connectivity index (χ0n) is 11.8.